The van der Waals surface area contributed by atoms with Crippen molar-refractivity contribution < 1.29 is 4.79 Å². The van der Waals surface area contributed by atoms with Crippen LogP contribution in [0.25, 0.3) is 0 Å². The van der Waals surface area contributed by atoms with E-state index in [4.69, 9.17) is 0 Å². The summed E-state index contributed by atoms with van der Waals surface area (Å²) in [5, 5.41) is 0. The smallest absolute Gasteiger partial charge is 0.120 e. The van der Waals surface area contributed by atoms with Gasteiger partial charge in [0.1, 0.15) is 6.29 Å². The lowest BCUT2D eigenvalue weighted by Gasteiger charge is -2.00. The van der Waals surface area contributed by atoms with Gasteiger partial charge < -0.3 is 4.79 Å². The van der Waals surface area contributed by atoms with Gasteiger partial charge in [-0.3, -0.25) is 0 Å². The molecule has 0 spiro atoms. The van der Waals surface area contributed by atoms with Crippen molar-refractivity contribution in [3.8, 4) is 0 Å². The van der Waals surface area contributed by atoms with Gasteiger partial charge in [0.05, 0.1) is 0 Å². The summed E-state index contributed by atoms with van der Waals surface area (Å²) in [6.07, 6.45) is 8.09. The van der Waals surface area contributed by atoms with E-state index in [0.29, 0.717) is 6.42 Å². The largest absolute Gasteiger partial charge is 0.303 e. The average molecular weight is 180 g/mol. The highest BCUT2D eigenvalue weighted by molar-refractivity contribution is 5.49. The highest BCUT2D eigenvalue weighted by Gasteiger charge is 1.91. The lowest BCUT2D eigenvalue weighted by atomic mass is 10.1. The summed E-state index contributed by atoms with van der Waals surface area (Å²) < 4.78 is 0. The van der Waals surface area contributed by atoms with Crippen LogP contribution in [-0.4, -0.2) is 6.29 Å². The molecule has 0 unspecified atom stereocenters. The first-order chi connectivity index (χ1) is 6.16. The maximum absolute atomic E-state index is 10.0. The van der Waals surface area contributed by atoms with E-state index < -0.39 is 0 Å². The van der Waals surface area contributed by atoms with E-state index in [9.17, 15) is 4.79 Å². The molecule has 0 amide bonds. The minimum atomic E-state index is 0.651. The molecular formula is C12H20O. The van der Waals surface area contributed by atoms with E-state index in [1.165, 1.54) is 17.6 Å². The monoisotopic (exact) mass is 180 g/mol. The third kappa shape index (κ3) is 9.06. The van der Waals surface area contributed by atoms with Crippen LogP contribution in [0.3, 0.4) is 0 Å². The maximum atomic E-state index is 10.0. The second-order valence-corrected chi connectivity index (χ2v) is 3.61. The zero-order valence-corrected chi connectivity index (χ0v) is 8.81. The molecule has 0 bridgehead atoms. The van der Waals surface area contributed by atoms with Gasteiger partial charge in [0.15, 0.2) is 0 Å². The number of carbonyl (C=O) groups excluding carboxylic acids is 1. The molecule has 0 saturated heterocycles. The Kier molecular flexibility index (Phi) is 7.27. The fraction of sp³-hybridized carbons (Fsp3) is 0.583. The van der Waals surface area contributed by atoms with Crippen molar-refractivity contribution in [2.75, 3.05) is 0 Å². The van der Waals surface area contributed by atoms with E-state index in [1.807, 2.05) is 0 Å². The Morgan fingerprint density at radius 2 is 1.92 bits per heavy atom. The molecule has 0 radical (unpaired) electrons. The summed E-state index contributed by atoms with van der Waals surface area (Å²) in [5.41, 5.74) is 2.64. The zero-order valence-electron chi connectivity index (χ0n) is 8.81. The first kappa shape index (κ1) is 12.2. The molecule has 0 fully saturated rings. The Hall–Kier alpha value is -0.850. The quantitative estimate of drug-likeness (QED) is 0.332. The summed E-state index contributed by atoms with van der Waals surface area (Å²) in [5.74, 6) is 0. The standard InChI is InChI=1S/C12H20O/c1-11(2)7-6-9-12(3)8-4-5-10-13/h8,10H,1,4-7,9H2,2-3H3/b12-8+. The Morgan fingerprint density at radius 1 is 1.23 bits per heavy atom. The van der Waals surface area contributed by atoms with Crippen molar-refractivity contribution in [2.24, 2.45) is 0 Å². The van der Waals surface area contributed by atoms with Gasteiger partial charge in [-0.2, -0.15) is 0 Å². The molecule has 74 valence electrons. The molecule has 0 N–H and O–H groups in total. The Bertz CT molecular complexity index is 189. The van der Waals surface area contributed by atoms with Gasteiger partial charge in [-0.05, 0) is 39.5 Å². The first-order valence-corrected chi connectivity index (χ1v) is 4.90. The Morgan fingerprint density at radius 3 is 2.46 bits per heavy atom. The SMILES string of the molecule is C=C(C)CCC/C(C)=C/CCC=O. The second-order valence-electron chi connectivity index (χ2n) is 3.61. The molecule has 0 saturated carbocycles. The van der Waals surface area contributed by atoms with E-state index in [-0.39, 0.29) is 0 Å². The fourth-order valence-electron chi connectivity index (χ4n) is 1.17. The van der Waals surface area contributed by atoms with Gasteiger partial charge in [-0.25, -0.2) is 0 Å². The van der Waals surface area contributed by atoms with Crippen LogP contribution in [0.1, 0.15) is 46.0 Å². The number of hydrogen-bond acceptors (Lipinski definition) is 1. The van der Waals surface area contributed by atoms with Gasteiger partial charge in [0.25, 0.3) is 0 Å². The molecule has 0 atom stereocenters. The van der Waals surface area contributed by atoms with Crippen molar-refractivity contribution in [3.63, 3.8) is 0 Å². The highest BCUT2D eigenvalue weighted by atomic mass is 16.1. The second kappa shape index (κ2) is 7.78. The van der Waals surface area contributed by atoms with Gasteiger partial charge in [0, 0.05) is 6.42 Å². The number of unbranched alkanes of at least 4 members (excludes halogenated alkanes) is 1. The zero-order chi connectivity index (χ0) is 10.1. The van der Waals surface area contributed by atoms with Crippen LogP contribution in [-0.2, 0) is 4.79 Å². The maximum Gasteiger partial charge on any atom is 0.120 e. The minimum absolute atomic E-state index is 0.651. The van der Waals surface area contributed by atoms with E-state index in [2.05, 4.69) is 26.5 Å². The molecule has 1 heteroatoms. The van der Waals surface area contributed by atoms with Crippen LogP contribution >= 0.6 is 0 Å². The molecule has 0 aliphatic carbocycles. The van der Waals surface area contributed by atoms with Crippen LogP contribution in [0.5, 0.6) is 0 Å². The van der Waals surface area contributed by atoms with Crippen molar-refractivity contribution in [3.05, 3.63) is 23.8 Å². The van der Waals surface area contributed by atoms with Gasteiger partial charge >= 0.3 is 0 Å². The van der Waals surface area contributed by atoms with Gasteiger partial charge in [-0.15, -0.1) is 6.58 Å². The number of rotatable bonds is 7. The van der Waals surface area contributed by atoms with Crippen LogP contribution < -0.4 is 0 Å². The normalized spacial score (nSPS) is 11.4. The lowest BCUT2D eigenvalue weighted by molar-refractivity contribution is -0.107. The molecule has 0 aromatic carbocycles. The fourth-order valence-corrected chi connectivity index (χ4v) is 1.17. The molecule has 1 nitrogen and oxygen atoms in total. The minimum Gasteiger partial charge on any atom is -0.303 e. The average Bonchev–Trinajstić information content (AvgIpc) is 2.04. The third-order valence-corrected chi connectivity index (χ3v) is 1.95. The van der Waals surface area contributed by atoms with Crippen LogP contribution in [0.2, 0.25) is 0 Å². The Labute approximate surface area is 81.5 Å². The first-order valence-electron chi connectivity index (χ1n) is 4.90. The van der Waals surface area contributed by atoms with Crippen molar-refractivity contribution >= 4 is 6.29 Å². The highest BCUT2D eigenvalue weighted by Crippen LogP contribution is 2.10. The number of hydrogen-bond donors (Lipinski definition) is 0. The molecule has 13 heavy (non-hydrogen) atoms. The van der Waals surface area contributed by atoms with Crippen LogP contribution in [0, 0.1) is 0 Å². The third-order valence-electron chi connectivity index (χ3n) is 1.95. The van der Waals surface area contributed by atoms with Crippen LogP contribution in [0.15, 0.2) is 23.8 Å². The van der Waals surface area contributed by atoms with E-state index >= 15 is 0 Å². The molecule has 0 heterocycles. The number of aldehydes is 1. The van der Waals surface area contributed by atoms with Crippen molar-refractivity contribution in [1.82, 2.24) is 0 Å². The van der Waals surface area contributed by atoms with E-state index in [1.54, 1.807) is 0 Å². The molecule has 0 aromatic rings. The molecule has 0 aromatic heterocycles. The summed E-state index contributed by atoms with van der Waals surface area (Å²) in [6, 6.07) is 0. The van der Waals surface area contributed by atoms with Gasteiger partial charge in [0.2, 0.25) is 0 Å². The molecule has 0 aliphatic heterocycles. The molecule has 0 rings (SSSR count). The lowest BCUT2D eigenvalue weighted by Crippen LogP contribution is -1.81. The topological polar surface area (TPSA) is 17.1 Å². The summed E-state index contributed by atoms with van der Waals surface area (Å²) >= 11 is 0. The van der Waals surface area contributed by atoms with E-state index in [0.717, 1.165) is 25.5 Å². The summed E-state index contributed by atoms with van der Waals surface area (Å²) in [6.45, 7) is 8.05. The number of carbonyl (C=O) groups is 1. The predicted octanol–water partition coefficient (Wildman–Crippen LogP) is 3.66. The van der Waals surface area contributed by atoms with Gasteiger partial charge in [-0.1, -0.05) is 17.2 Å². The van der Waals surface area contributed by atoms with Crippen LogP contribution in [0.4, 0.5) is 0 Å². The summed E-state index contributed by atoms with van der Waals surface area (Å²) in [4.78, 5) is 10.0. The predicted molar refractivity (Wildman–Crippen MR) is 57.7 cm³/mol. The molecular weight excluding hydrogens is 160 g/mol. The number of allylic oxidation sites excluding steroid dienone is 3. The Balaban J connectivity index is 3.48. The molecule has 0 aliphatic rings. The van der Waals surface area contributed by atoms with Crippen molar-refractivity contribution in [1.29, 1.82) is 0 Å². The summed E-state index contributed by atoms with van der Waals surface area (Å²) in [7, 11) is 0. The van der Waals surface area contributed by atoms with Crippen molar-refractivity contribution in [2.45, 2.75) is 46.0 Å².